The molecule has 1 heterocycles. The van der Waals surface area contributed by atoms with Crippen LogP contribution in [0.4, 0.5) is 0 Å². The summed E-state index contributed by atoms with van der Waals surface area (Å²) >= 11 is 12.1. The van der Waals surface area contributed by atoms with Crippen LogP contribution >= 0.6 is 23.2 Å². The van der Waals surface area contributed by atoms with Gasteiger partial charge in [-0.3, -0.25) is 0 Å². The van der Waals surface area contributed by atoms with E-state index in [0.717, 1.165) is 48.2 Å². The van der Waals surface area contributed by atoms with Gasteiger partial charge in [-0.1, -0.05) is 105 Å². The molecule has 0 aliphatic rings. The van der Waals surface area contributed by atoms with Gasteiger partial charge in [0.25, 0.3) is 5.89 Å². The standard InChI is InChI=1S/C28H37Cl2N3O/c1-2-3-4-5-6-7-8-9-10-14-27-32-28(34-33-27)23-13-11-12-22(20-23)26(31)18-16-21-15-17-24(29)25(30)19-21/h11-13,15,17,19-20,26H,2-10,14,16,18,31H2,1H3. The van der Waals surface area contributed by atoms with Crippen molar-refractivity contribution in [2.45, 2.75) is 90.0 Å². The SMILES string of the molecule is CCCCCCCCCCCc1noc(-c2cccc(C(N)CCc3ccc(Cl)c(Cl)c3)c2)n1. The lowest BCUT2D eigenvalue weighted by molar-refractivity contribution is 0.420. The molecule has 184 valence electrons. The number of halogens is 2. The van der Waals surface area contributed by atoms with E-state index in [1.165, 1.54) is 51.4 Å². The van der Waals surface area contributed by atoms with E-state index in [4.69, 9.17) is 33.5 Å². The quantitative estimate of drug-likeness (QED) is 0.211. The molecule has 3 rings (SSSR count). The topological polar surface area (TPSA) is 64.9 Å². The Labute approximate surface area is 214 Å². The maximum absolute atomic E-state index is 6.48. The summed E-state index contributed by atoms with van der Waals surface area (Å²) in [6.07, 6.45) is 14.2. The molecule has 0 amide bonds. The first-order valence-corrected chi connectivity index (χ1v) is 13.4. The summed E-state index contributed by atoms with van der Waals surface area (Å²) < 4.78 is 5.54. The minimum atomic E-state index is -0.0984. The average molecular weight is 503 g/mol. The average Bonchev–Trinajstić information content (AvgIpc) is 3.32. The second-order valence-electron chi connectivity index (χ2n) is 9.11. The molecule has 0 aliphatic heterocycles. The van der Waals surface area contributed by atoms with Crippen LogP contribution in [0, 0.1) is 0 Å². The van der Waals surface area contributed by atoms with Crippen LogP contribution in [0.3, 0.4) is 0 Å². The fraction of sp³-hybridized carbons (Fsp3) is 0.500. The number of hydrogen-bond donors (Lipinski definition) is 1. The minimum Gasteiger partial charge on any atom is -0.334 e. The van der Waals surface area contributed by atoms with E-state index >= 15 is 0 Å². The lowest BCUT2D eigenvalue weighted by atomic mass is 9.98. The van der Waals surface area contributed by atoms with E-state index in [9.17, 15) is 0 Å². The Morgan fingerprint density at radius 1 is 0.853 bits per heavy atom. The number of benzene rings is 2. The summed E-state index contributed by atoms with van der Waals surface area (Å²) in [7, 11) is 0. The fourth-order valence-corrected chi connectivity index (χ4v) is 4.47. The van der Waals surface area contributed by atoms with Crippen molar-refractivity contribution in [2.24, 2.45) is 5.73 Å². The van der Waals surface area contributed by atoms with Crippen LogP contribution in [-0.4, -0.2) is 10.1 Å². The zero-order valence-corrected chi connectivity index (χ0v) is 21.8. The lowest BCUT2D eigenvalue weighted by Crippen LogP contribution is -2.11. The van der Waals surface area contributed by atoms with E-state index in [1.54, 1.807) is 0 Å². The number of aryl methyl sites for hydroxylation is 2. The van der Waals surface area contributed by atoms with Gasteiger partial charge in [0, 0.05) is 18.0 Å². The third kappa shape index (κ3) is 8.72. The van der Waals surface area contributed by atoms with E-state index in [0.29, 0.717) is 15.9 Å². The molecule has 3 aromatic rings. The zero-order valence-electron chi connectivity index (χ0n) is 20.2. The summed E-state index contributed by atoms with van der Waals surface area (Å²) in [5.74, 6) is 1.34. The summed E-state index contributed by atoms with van der Waals surface area (Å²) in [4.78, 5) is 4.61. The van der Waals surface area contributed by atoms with Crippen molar-refractivity contribution in [1.29, 1.82) is 0 Å². The Morgan fingerprint density at radius 3 is 2.32 bits per heavy atom. The van der Waals surface area contributed by atoms with Crippen LogP contribution in [0.1, 0.15) is 94.1 Å². The minimum absolute atomic E-state index is 0.0984. The van der Waals surface area contributed by atoms with Gasteiger partial charge in [0.05, 0.1) is 10.0 Å². The highest BCUT2D eigenvalue weighted by atomic mass is 35.5. The summed E-state index contributed by atoms with van der Waals surface area (Å²) in [6.45, 7) is 2.26. The molecule has 6 heteroatoms. The van der Waals surface area contributed by atoms with E-state index in [-0.39, 0.29) is 6.04 Å². The van der Waals surface area contributed by atoms with Gasteiger partial charge in [0.2, 0.25) is 0 Å². The third-order valence-corrected chi connectivity index (χ3v) is 7.00. The van der Waals surface area contributed by atoms with Crippen LogP contribution in [0.25, 0.3) is 11.5 Å². The molecule has 0 fully saturated rings. The Bertz CT molecular complexity index is 1000. The molecule has 0 bridgehead atoms. The number of rotatable bonds is 15. The Balaban J connectivity index is 1.44. The fourth-order valence-electron chi connectivity index (χ4n) is 4.15. The van der Waals surface area contributed by atoms with Crippen molar-refractivity contribution in [3.05, 3.63) is 69.5 Å². The zero-order chi connectivity index (χ0) is 24.2. The van der Waals surface area contributed by atoms with Gasteiger partial charge >= 0.3 is 0 Å². The summed E-state index contributed by atoms with van der Waals surface area (Å²) in [5.41, 5.74) is 9.56. The molecule has 0 aliphatic carbocycles. The second-order valence-corrected chi connectivity index (χ2v) is 9.93. The van der Waals surface area contributed by atoms with Gasteiger partial charge in [-0.15, -0.1) is 0 Å². The molecule has 2 N–H and O–H groups in total. The number of hydrogen-bond acceptors (Lipinski definition) is 4. The van der Waals surface area contributed by atoms with E-state index < -0.39 is 0 Å². The van der Waals surface area contributed by atoms with Crippen LogP contribution in [-0.2, 0) is 12.8 Å². The molecule has 0 saturated carbocycles. The predicted molar refractivity (Wildman–Crippen MR) is 142 cm³/mol. The molecular formula is C28H37Cl2N3O. The Hall–Kier alpha value is -1.88. The summed E-state index contributed by atoms with van der Waals surface area (Å²) in [5, 5.41) is 5.33. The van der Waals surface area contributed by atoms with Crippen molar-refractivity contribution >= 4 is 23.2 Å². The van der Waals surface area contributed by atoms with Gasteiger partial charge in [0.15, 0.2) is 5.82 Å². The van der Waals surface area contributed by atoms with Crippen LogP contribution in [0.15, 0.2) is 47.0 Å². The van der Waals surface area contributed by atoms with Crippen molar-refractivity contribution in [2.75, 3.05) is 0 Å². The van der Waals surface area contributed by atoms with Gasteiger partial charge in [-0.2, -0.15) is 4.98 Å². The molecule has 4 nitrogen and oxygen atoms in total. The van der Waals surface area contributed by atoms with Crippen LogP contribution in [0.2, 0.25) is 10.0 Å². The van der Waals surface area contributed by atoms with Crippen LogP contribution in [0.5, 0.6) is 0 Å². The van der Waals surface area contributed by atoms with Crippen LogP contribution < -0.4 is 5.73 Å². The molecule has 0 radical (unpaired) electrons. The van der Waals surface area contributed by atoms with E-state index in [2.05, 4.69) is 23.1 Å². The van der Waals surface area contributed by atoms with Gasteiger partial charge in [0.1, 0.15) is 0 Å². The molecule has 1 atom stereocenters. The summed E-state index contributed by atoms with van der Waals surface area (Å²) in [6, 6.07) is 13.7. The smallest absolute Gasteiger partial charge is 0.257 e. The van der Waals surface area contributed by atoms with Crippen molar-refractivity contribution in [3.63, 3.8) is 0 Å². The maximum Gasteiger partial charge on any atom is 0.257 e. The largest absolute Gasteiger partial charge is 0.334 e. The molecule has 1 aromatic heterocycles. The molecular weight excluding hydrogens is 465 g/mol. The lowest BCUT2D eigenvalue weighted by Gasteiger charge is -2.13. The first-order valence-electron chi connectivity index (χ1n) is 12.7. The monoisotopic (exact) mass is 501 g/mol. The highest BCUT2D eigenvalue weighted by molar-refractivity contribution is 6.42. The highest BCUT2D eigenvalue weighted by Gasteiger charge is 2.13. The predicted octanol–water partition coefficient (Wildman–Crippen LogP) is 8.75. The van der Waals surface area contributed by atoms with Gasteiger partial charge in [-0.05, 0) is 54.7 Å². The number of nitrogens with zero attached hydrogens (tertiary/aromatic N) is 2. The normalized spacial score (nSPS) is 12.2. The molecule has 2 aromatic carbocycles. The third-order valence-electron chi connectivity index (χ3n) is 6.26. The van der Waals surface area contributed by atoms with E-state index in [1.807, 2.05) is 36.4 Å². The number of unbranched alkanes of at least 4 members (excludes halogenated alkanes) is 8. The second kappa shape index (κ2) is 14.5. The molecule has 1 unspecified atom stereocenters. The molecule has 0 spiro atoms. The number of aromatic nitrogens is 2. The van der Waals surface area contributed by atoms with Gasteiger partial charge in [-0.25, -0.2) is 0 Å². The van der Waals surface area contributed by atoms with Crippen molar-refractivity contribution in [1.82, 2.24) is 10.1 Å². The Kier molecular flexibility index (Phi) is 11.4. The van der Waals surface area contributed by atoms with Gasteiger partial charge < -0.3 is 10.3 Å². The Morgan fingerprint density at radius 2 is 1.59 bits per heavy atom. The highest BCUT2D eigenvalue weighted by Crippen LogP contribution is 2.26. The number of nitrogens with two attached hydrogens (primary N) is 1. The molecule has 0 saturated heterocycles. The maximum atomic E-state index is 6.48. The first kappa shape index (κ1) is 26.7. The van der Waals surface area contributed by atoms with Crippen molar-refractivity contribution in [3.8, 4) is 11.5 Å². The molecule has 34 heavy (non-hydrogen) atoms. The van der Waals surface area contributed by atoms with Crippen molar-refractivity contribution < 1.29 is 4.52 Å². The first-order chi connectivity index (χ1) is 16.6.